The van der Waals surface area contributed by atoms with Gasteiger partial charge in [-0.25, -0.2) is 9.83 Å². The van der Waals surface area contributed by atoms with Gasteiger partial charge in [-0.2, -0.15) is 5.26 Å². The largest absolute Gasteiger partial charge is 0.392 e. The number of hydrogen-bond acceptors (Lipinski definition) is 3. The van der Waals surface area contributed by atoms with Gasteiger partial charge in [0.15, 0.2) is 5.69 Å². The lowest BCUT2D eigenvalue weighted by atomic mass is 10.0. The Labute approximate surface area is 162 Å². The molecule has 0 bridgehead atoms. The highest BCUT2D eigenvalue weighted by molar-refractivity contribution is 6.30. The Kier molecular flexibility index (Phi) is 5.28. The van der Waals surface area contributed by atoms with E-state index in [1.54, 1.807) is 18.3 Å². The fourth-order valence-electron chi connectivity index (χ4n) is 3.24. The molecule has 0 fully saturated rings. The summed E-state index contributed by atoms with van der Waals surface area (Å²) < 4.78 is 2.06. The second-order valence-corrected chi connectivity index (χ2v) is 6.59. The van der Waals surface area contributed by atoms with Crippen LogP contribution in [-0.2, 0) is 13.2 Å². The molecule has 0 saturated heterocycles. The van der Waals surface area contributed by atoms with E-state index in [0.29, 0.717) is 28.5 Å². The third kappa shape index (κ3) is 3.44. The maximum atomic E-state index is 9.71. The van der Waals surface area contributed by atoms with E-state index in [4.69, 9.17) is 18.2 Å². The zero-order chi connectivity index (χ0) is 19.6. The van der Waals surface area contributed by atoms with Crippen LogP contribution in [0.3, 0.4) is 0 Å². The highest BCUT2D eigenvalue weighted by atomic mass is 35.5. The van der Waals surface area contributed by atoms with Crippen molar-refractivity contribution in [1.29, 1.82) is 5.26 Å². The van der Waals surface area contributed by atoms with Gasteiger partial charge in [0, 0.05) is 35.3 Å². The van der Waals surface area contributed by atoms with Crippen LogP contribution in [-0.4, -0.2) is 14.7 Å². The minimum Gasteiger partial charge on any atom is -0.392 e. The lowest BCUT2D eigenvalue weighted by Crippen LogP contribution is -2.05. The van der Waals surface area contributed by atoms with Crippen molar-refractivity contribution in [2.75, 3.05) is 0 Å². The fraction of sp³-hybridized carbons (Fsp3) is 0.190. The third-order valence-electron chi connectivity index (χ3n) is 4.66. The van der Waals surface area contributed by atoms with Crippen molar-refractivity contribution < 1.29 is 5.11 Å². The second kappa shape index (κ2) is 7.63. The number of hydrogen-bond donors (Lipinski definition) is 1. The molecule has 0 aliphatic rings. The Bertz CT molecular complexity index is 1090. The van der Waals surface area contributed by atoms with Crippen molar-refractivity contribution in [2.45, 2.75) is 27.0 Å². The first-order valence-electron chi connectivity index (χ1n) is 8.32. The molecule has 0 radical (unpaired) electrons. The Morgan fingerprint density at radius 3 is 2.56 bits per heavy atom. The van der Waals surface area contributed by atoms with Gasteiger partial charge < -0.3 is 9.67 Å². The number of nitriles is 1. The summed E-state index contributed by atoms with van der Waals surface area (Å²) in [5, 5.41) is 19.4. The summed E-state index contributed by atoms with van der Waals surface area (Å²) in [6.07, 6.45) is 1.68. The van der Waals surface area contributed by atoms with Crippen LogP contribution in [0.25, 0.3) is 16.0 Å². The first-order valence-corrected chi connectivity index (χ1v) is 8.69. The molecule has 6 heteroatoms. The predicted molar refractivity (Wildman–Crippen MR) is 105 cm³/mol. The zero-order valence-corrected chi connectivity index (χ0v) is 15.7. The van der Waals surface area contributed by atoms with E-state index in [0.717, 1.165) is 28.1 Å². The Morgan fingerprint density at radius 1 is 1.26 bits per heavy atom. The number of halogens is 1. The molecule has 0 atom stereocenters. The van der Waals surface area contributed by atoms with Gasteiger partial charge in [0.25, 0.3) is 0 Å². The summed E-state index contributed by atoms with van der Waals surface area (Å²) in [7, 11) is 0. The lowest BCUT2D eigenvalue weighted by Gasteiger charge is -2.11. The first kappa shape index (κ1) is 18.7. The van der Waals surface area contributed by atoms with Gasteiger partial charge in [-0.05, 0) is 31.0 Å². The zero-order valence-electron chi connectivity index (χ0n) is 15.0. The maximum Gasteiger partial charge on any atom is 0.187 e. The molecule has 134 valence electrons. The summed E-state index contributed by atoms with van der Waals surface area (Å²) in [6.45, 7) is 11.3. The number of aromatic nitrogens is 2. The minimum atomic E-state index is -0.175. The predicted octanol–water partition coefficient (Wildman–Crippen LogP) is 4.78. The molecule has 0 aliphatic carbocycles. The monoisotopic (exact) mass is 376 g/mol. The molecule has 0 saturated carbocycles. The molecule has 3 rings (SSSR count). The SMILES string of the molecule is [C-]#[N+]c1ccc(-c2c(C#N)c(C)n(Cc3cnc(Cl)c(CO)c3)c2C)cc1. The average Bonchev–Trinajstić information content (AvgIpc) is 2.93. The topological polar surface area (TPSA) is 66.2 Å². The van der Waals surface area contributed by atoms with Gasteiger partial charge in [0.2, 0.25) is 0 Å². The highest BCUT2D eigenvalue weighted by Gasteiger charge is 2.19. The second-order valence-electron chi connectivity index (χ2n) is 6.23. The average molecular weight is 377 g/mol. The standard InChI is InChI=1S/C21H17ClN4O/c1-13-19(9-23)20(16-4-6-18(24-3)7-5-16)14(2)26(13)11-15-8-17(12-27)21(22)25-10-15/h4-8,10,27H,11-12H2,1-2H3. The van der Waals surface area contributed by atoms with Crippen molar-refractivity contribution >= 4 is 17.3 Å². The molecule has 5 nitrogen and oxygen atoms in total. The van der Waals surface area contributed by atoms with Crippen LogP contribution in [0.15, 0.2) is 36.5 Å². The van der Waals surface area contributed by atoms with Gasteiger partial charge in [0.1, 0.15) is 11.2 Å². The van der Waals surface area contributed by atoms with Gasteiger partial charge in [-0.3, -0.25) is 0 Å². The Hall–Kier alpha value is -3.12. The van der Waals surface area contributed by atoms with Crippen LogP contribution >= 0.6 is 11.6 Å². The molecule has 1 N–H and O–H groups in total. The number of pyridine rings is 1. The number of aliphatic hydroxyl groups excluding tert-OH is 1. The van der Waals surface area contributed by atoms with Gasteiger partial charge in [-0.15, -0.1) is 0 Å². The van der Waals surface area contributed by atoms with E-state index >= 15 is 0 Å². The van der Waals surface area contributed by atoms with E-state index in [9.17, 15) is 10.4 Å². The summed E-state index contributed by atoms with van der Waals surface area (Å²) >= 11 is 5.98. The van der Waals surface area contributed by atoms with E-state index in [1.165, 1.54) is 0 Å². The smallest absolute Gasteiger partial charge is 0.187 e. The van der Waals surface area contributed by atoms with Gasteiger partial charge >= 0.3 is 0 Å². The first-order chi connectivity index (χ1) is 13.0. The molecule has 0 amide bonds. The molecular weight excluding hydrogens is 360 g/mol. The molecule has 1 aromatic carbocycles. The highest BCUT2D eigenvalue weighted by Crippen LogP contribution is 2.33. The number of rotatable bonds is 4. The summed E-state index contributed by atoms with van der Waals surface area (Å²) in [6, 6.07) is 11.4. The van der Waals surface area contributed by atoms with Crippen molar-refractivity contribution in [3.63, 3.8) is 0 Å². The summed E-state index contributed by atoms with van der Waals surface area (Å²) in [5.74, 6) is 0. The fourth-order valence-corrected chi connectivity index (χ4v) is 3.40. The molecule has 2 aromatic heterocycles. The van der Waals surface area contributed by atoms with Crippen molar-refractivity contribution in [3.05, 3.63) is 81.2 Å². The summed E-state index contributed by atoms with van der Waals surface area (Å²) in [4.78, 5) is 7.54. The van der Waals surface area contributed by atoms with Crippen LogP contribution in [0.2, 0.25) is 5.15 Å². The normalized spacial score (nSPS) is 10.4. The molecule has 0 unspecified atom stereocenters. The van der Waals surface area contributed by atoms with Crippen LogP contribution in [0.5, 0.6) is 0 Å². The van der Waals surface area contributed by atoms with Crippen LogP contribution < -0.4 is 0 Å². The number of benzene rings is 1. The van der Waals surface area contributed by atoms with Crippen LogP contribution in [0.4, 0.5) is 5.69 Å². The molecule has 3 aromatic rings. The van der Waals surface area contributed by atoms with E-state index in [-0.39, 0.29) is 6.61 Å². The Balaban J connectivity index is 2.09. The van der Waals surface area contributed by atoms with E-state index in [2.05, 4.69) is 20.5 Å². The number of nitrogens with zero attached hydrogens (tertiary/aromatic N) is 4. The quantitative estimate of drug-likeness (QED) is 0.526. The lowest BCUT2D eigenvalue weighted by molar-refractivity contribution is 0.281. The molecule has 27 heavy (non-hydrogen) atoms. The van der Waals surface area contributed by atoms with E-state index in [1.807, 2.05) is 32.0 Å². The molecular formula is C21H17ClN4O. The van der Waals surface area contributed by atoms with Crippen molar-refractivity contribution in [1.82, 2.24) is 9.55 Å². The van der Waals surface area contributed by atoms with Gasteiger partial charge in [-0.1, -0.05) is 35.9 Å². The van der Waals surface area contributed by atoms with Crippen LogP contribution in [0, 0.1) is 31.8 Å². The van der Waals surface area contributed by atoms with Crippen molar-refractivity contribution in [3.8, 4) is 17.2 Å². The van der Waals surface area contributed by atoms with E-state index < -0.39 is 0 Å². The Morgan fingerprint density at radius 2 is 1.96 bits per heavy atom. The molecule has 0 spiro atoms. The molecule has 0 aliphatic heterocycles. The van der Waals surface area contributed by atoms with Gasteiger partial charge in [0.05, 0.1) is 18.7 Å². The molecule has 2 heterocycles. The summed E-state index contributed by atoms with van der Waals surface area (Å²) in [5.41, 5.74) is 6.25. The maximum absolute atomic E-state index is 9.71. The van der Waals surface area contributed by atoms with Crippen LogP contribution in [0.1, 0.15) is 28.1 Å². The minimum absolute atomic E-state index is 0.175. The number of aliphatic hydroxyl groups is 1. The third-order valence-corrected chi connectivity index (χ3v) is 5.00. The van der Waals surface area contributed by atoms with Crippen molar-refractivity contribution in [2.24, 2.45) is 0 Å².